The second kappa shape index (κ2) is 13.7. The van der Waals surface area contributed by atoms with E-state index in [0.29, 0.717) is 5.69 Å². The predicted octanol–water partition coefficient (Wildman–Crippen LogP) is 5.75. The van der Waals surface area contributed by atoms with Gasteiger partial charge in [0.05, 0.1) is 10.6 Å². The molecule has 0 saturated heterocycles. The van der Waals surface area contributed by atoms with Crippen LogP contribution < -0.4 is 9.62 Å². The Kier molecular flexibility index (Phi) is 10.0. The molecule has 0 radical (unpaired) electrons. The van der Waals surface area contributed by atoms with Gasteiger partial charge >= 0.3 is 0 Å². The minimum atomic E-state index is -4.11. The van der Waals surface area contributed by atoms with E-state index in [1.807, 2.05) is 82.3 Å². The first kappa shape index (κ1) is 31.5. The number of amides is 2. The molecule has 0 saturated carbocycles. The number of carbonyl (C=O) groups excluding carboxylic acids is 2. The predicted molar refractivity (Wildman–Crippen MR) is 171 cm³/mol. The molecule has 0 bridgehead atoms. The van der Waals surface area contributed by atoms with Gasteiger partial charge in [0.25, 0.3) is 10.0 Å². The molecule has 2 amide bonds. The molecular formula is C35H39N3O4S. The first-order chi connectivity index (χ1) is 20.4. The summed E-state index contributed by atoms with van der Waals surface area (Å²) in [6.45, 7) is 7.29. The monoisotopic (exact) mass is 597 g/mol. The van der Waals surface area contributed by atoms with Crippen molar-refractivity contribution in [3.05, 3.63) is 132 Å². The Morgan fingerprint density at radius 1 is 0.744 bits per heavy atom. The second-order valence-corrected chi connectivity index (χ2v) is 13.5. The molecule has 7 nitrogen and oxygen atoms in total. The van der Waals surface area contributed by atoms with Crippen molar-refractivity contribution in [3.8, 4) is 0 Å². The molecule has 0 fully saturated rings. The number of sulfonamides is 1. The molecule has 4 rings (SSSR count). The maximum absolute atomic E-state index is 14.4. The summed E-state index contributed by atoms with van der Waals surface area (Å²) >= 11 is 0. The number of benzene rings is 4. The van der Waals surface area contributed by atoms with Crippen LogP contribution in [0.4, 0.5) is 5.69 Å². The molecule has 0 heterocycles. The molecule has 1 atom stereocenters. The Balaban J connectivity index is 1.79. The highest BCUT2D eigenvalue weighted by Gasteiger charge is 2.35. The number of rotatable bonds is 11. The van der Waals surface area contributed by atoms with Gasteiger partial charge in [-0.25, -0.2) is 8.42 Å². The molecule has 0 aliphatic rings. The van der Waals surface area contributed by atoms with Crippen molar-refractivity contribution >= 4 is 27.5 Å². The fourth-order valence-electron chi connectivity index (χ4n) is 4.74. The lowest BCUT2D eigenvalue weighted by Gasteiger charge is -2.35. The van der Waals surface area contributed by atoms with Crippen molar-refractivity contribution in [2.75, 3.05) is 10.8 Å². The second-order valence-electron chi connectivity index (χ2n) is 11.6. The van der Waals surface area contributed by atoms with Crippen LogP contribution in [-0.4, -0.2) is 43.3 Å². The fraction of sp³-hybridized carbons (Fsp3) is 0.257. The lowest BCUT2D eigenvalue weighted by molar-refractivity contribution is -0.140. The largest absolute Gasteiger partial charge is 0.350 e. The average molecular weight is 598 g/mol. The van der Waals surface area contributed by atoms with Crippen LogP contribution in [0.25, 0.3) is 0 Å². The zero-order chi connectivity index (χ0) is 31.0. The number of aryl methyl sites for hydroxylation is 1. The van der Waals surface area contributed by atoms with E-state index in [0.717, 1.165) is 21.0 Å². The summed E-state index contributed by atoms with van der Waals surface area (Å²) in [5, 5.41) is 3.05. The summed E-state index contributed by atoms with van der Waals surface area (Å²) < 4.78 is 29.0. The summed E-state index contributed by atoms with van der Waals surface area (Å²) in [6, 6.07) is 33.0. The van der Waals surface area contributed by atoms with Gasteiger partial charge < -0.3 is 10.2 Å². The van der Waals surface area contributed by atoms with Crippen LogP contribution in [0.2, 0.25) is 0 Å². The summed E-state index contributed by atoms with van der Waals surface area (Å²) in [7, 11) is -4.11. The Hall–Kier alpha value is -4.43. The lowest BCUT2D eigenvalue weighted by atomic mass is 10.0. The van der Waals surface area contributed by atoms with Crippen LogP contribution in [0.3, 0.4) is 0 Å². The number of hydrogen-bond acceptors (Lipinski definition) is 4. The molecule has 0 spiro atoms. The Morgan fingerprint density at radius 2 is 1.28 bits per heavy atom. The summed E-state index contributed by atoms with van der Waals surface area (Å²) in [6.07, 6.45) is 0.261. The minimum Gasteiger partial charge on any atom is -0.350 e. The smallest absolute Gasteiger partial charge is 0.264 e. The number of nitrogens with zero attached hydrogens (tertiary/aromatic N) is 2. The SMILES string of the molecule is Cc1ccc(CN(C(=O)CN(c2ccccc2)S(=O)(=O)c2ccccc2)[C@H](Cc2ccccc2)C(=O)NC(C)(C)C)cc1. The van der Waals surface area contributed by atoms with Crippen LogP contribution in [0.1, 0.15) is 37.5 Å². The molecule has 0 aliphatic heterocycles. The van der Waals surface area contributed by atoms with Gasteiger partial charge in [-0.15, -0.1) is 0 Å². The maximum atomic E-state index is 14.4. The van der Waals surface area contributed by atoms with E-state index in [1.165, 1.54) is 17.0 Å². The average Bonchev–Trinajstić information content (AvgIpc) is 2.99. The van der Waals surface area contributed by atoms with Crippen molar-refractivity contribution in [2.45, 2.75) is 57.1 Å². The van der Waals surface area contributed by atoms with Crippen LogP contribution in [0.15, 0.2) is 120 Å². The van der Waals surface area contributed by atoms with Crippen LogP contribution in [-0.2, 0) is 32.6 Å². The van der Waals surface area contributed by atoms with Crippen molar-refractivity contribution < 1.29 is 18.0 Å². The maximum Gasteiger partial charge on any atom is 0.264 e. The zero-order valence-electron chi connectivity index (χ0n) is 25.1. The van der Waals surface area contributed by atoms with E-state index >= 15 is 0 Å². The Morgan fingerprint density at radius 3 is 1.84 bits per heavy atom. The van der Waals surface area contributed by atoms with Gasteiger partial charge in [0.15, 0.2) is 0 Å². The number of carbonyl (C=O) groups is 2. The van der Waals surface area contributed by atoms with E-state index in [2.05, 4.69) is 5.32 Å². The van der Waals surface area contributed by atoms with Gasteiger partial charge in [0.1, 0.15) is 12.6 Å². The molecule has 224 valence electrons. The highest BCUT2D eigenvalue weighted by atomic mass is 32.2. The highest BCUT2D eigenvalue weighted by Crippen LogP contribution is 2.25. The summed E-state index contributed by atoms with van der Waals surface area (Å²) in [5.74, 6) is -0.803. The molecule has 4 aromatic rings. The zero-order valence-corrected chi connectivity index (χ0v) is 25.9. The van der Waals surface area contributed by atoms with Crippen molar-refractivity contribution in [1.82, 2.24) is 10.2 Å². The fourth-order valence-corrected chi connectivity index (χ4v) is 6.17. The van der Waals surface area contributed by atoms with Gasteiger partial charge in [-0.3, -0.25) is 13.9 Å². The molecule has 1 N–H and O–H groups in total. The topological polar surface area (TPSA) is 86.8 Å². The van der Waals surface area contributed by atoms with Gasteiger partial charge in [-0.05, 0) is 63.1 Å². The van der Waals surface area contributed by atoms with Gasteiger partial charge in [0.2, 0.25) is 11.8 Å². The molecular weight excluding hydrogens is 558 g/mol. The van der Waals surface area contributed by atoms with Crippen molar-refractivity contribution in [2.24, 2.45) is 0 Å². The molecule has 4 aromatic carbocycles. The van der Waals surface area contributed by atoms with E-state index in [-0.39, 0.29) is 23.8 Å². The minimum absolute atomic E-state index is 0.0723. The normalized spacial score (nSPS) is 12.3. The third-order valence-corrected chi connectivity index (χ3v) is 8.69. The molecule has 0 aromatic heterocycles. The molecule has 0 unspecified atom stereocenters. The van der Waals surface area contributed by atoms with Crippen molar-refractivity contribution in [3.63, 3.8) is 0 Å². The molecule has 0 aliphatic carbocycles. The quantitative estimate of drug-likeness (QED) is 0.239. The molecule has 43 heavy (non-hydrogen) atoms. The highest BCUT2D eigenvalue weighted by molar-refractivity contribution is 7.92. The number of nitrogens with one attached hydrogen (secondary N) is 1. The van der Waals surface area contributed by atoms with E-state index in [1.54, 1.807) is 48.5 Å². The molecule has 8 heteroatoms. The third kappa shape index (κ3) is 8.55. The lowest BCUT2D eigenvalue weighted by Crippen LogP contribution is -2.56. The summed E-state index contributed by atoms with van der Waals surface area (Å²) in [5.41, 5.74) is 2.59. The van der Waals surface area contributed by atoms with E-state index < -0.39 is 34.1 Å². The van der Waals surface area contributed by atoms with Crippen LogP contribution in [0.5, 0.6) is 0 Å². The first-order valence-electron chi connectivity index (χ1n) is 14.3. The van der Waals surface area contributed by atoms with E-state index in [9.17, 15) is 18.0 Å². The Labute approximate surface area is 255 Å². The van der Waals surface area contributed by atoms with Crippen LogP contribution in [0, 0.1) is 6.92 Å². The first-order valence-corrected chi connectivity index (χ1v) is 15.7. The number of anilines is 1. The summed E-state index contributed by atoms with van der Waals surface area (Å²) in [4.78, 5) is 29.9. The standard InChI is InChI=1S/C35H39N3O4S/c1-27-20-22-29(23-21-27)25-37(32(34(40)36-35(2,3)4)24-28-14-8-5-9-15-28)33(39)26-38(30-16-10-6-11-17-30)43(41,42)31-18-12-7-13-19-31/h5-23,32H,24-26H2,1-4H3,(H,36,40)/t32-/m1/s1. The third-order valence-electron chi connectivity index (χ3n) is 6.90. The van der Waals surface area contributed by atoms with Crippen LogP contribution >= 0.6 is 0 Å². The Bertz CT molecular complexity index is 1600. The van der Waals surface area contributed by atoms with Gasteiger partial charge in [0, 0.05) is 18.5 Å². The van der Waals surface area contributed by atoms with Crippen molar-refractivity contribution in [1.29, 1.82) is 0 Å². The number of hydrogen-bond donors (Lipinski definition) is 1. The van der Waals surface area contributed by atoms with Gasteiger partial charge in [-0.1, -0.05) is 96.6 Å². The van der Waals surface area contributed by atoms with Gasteiger partial charge in [-0.2, -0.15) is 0 Å². The number of para-hydroxylation sites is 1. The van der Waals surface area contributed by atoms with E-state index in [4.69, 9.17) is 0 Å².